The van der Waals surface area contributed by atoms with E-state index in [0.29, 0.717) is 0 Å². The molecule has 5 heteroatoms. The van der Waals surface area contributed by atoms with Crippen LogP contribution in [0.15, 0.2) is 24.3 Å². The van der Waals surface area contributed by atoms with Crippen LogP contribution < -0.4 is 10.6 Å². The van der Waals surface area contributed by atoms with Crippen LogP contribution in [0.5, 0.6) is 0 Å². The minimum atomic E-state index is -0.348. The number of carbonyl (C=O) groups is 1. The highest BCUT2D eigenvalue weighted by atomic mass is 19.1. The zero-order valence-corrected chi connectivity index (χ0v) is 11.5. The Labute approximate surface area is 118 Å². The number of nitrogens with one attached hydrogen (secondary N) is 2. The summed E-state index contributed by atoms with van der Waals surface area (Å²) in [6.45, 7) is 3.29. The van der Waals surface area contributed by atoms with E-state index in [1.165, 1.54) is 12.1 Å². The molecule has 2 aliphatic rings. The monoisotopic (exact) mass is 277 g/mol. The van der Waals surface area contributed by atoms with Crippen molar-refractivity contribution in [2.45, 2.75) is 24.8 Å². The molecule has 0 atom stereocenters. The molecule has 0 bridgehead atoms. The molecule has 2 amide bonds. The molecule has 108 valence electrons. The molecule has 0 unspecified atom stereocenters. The summed E-state index contributed by atoms with van der Waals surface area (Å²) in [7, 11) is 0. The zero-order chi connectivity index (χ0) is 14.0. The number of hydrogen-bond donors (Lipinski definition) is 2. The van der Waals surface area contributed by atoms with Gasteiger partial charge < -0.3 is 15.5 Å². The van der Waals surface area contributed by atoms with Crippen LogP contribution in [0.4, 0.5) is 9.18 Å². The second-order valence-electron chi connectivity index (χ2n) is 5.61. The normalized spacial score (nSPS) is 21.1. The van der Waals surface area contributed by atoms with Crippen molar-refractivity contribution in [1.29, 1.82) is 0 Å². The predicted octanol–water partition coefficient (Wildman–Crippen LogP) is 1.82. The van der Waals surface area contributed by atoms with E-state index in [-0.39, 0.29) is 17.4 Å². The van der Waals surface area contributed by atoms with Crippen LogP contribution in [0, 0.1) is 5.82 Å². The molecular formula is C15H20FN3O. The molecule has 2 fully saturated rings. The van der Waals surface area contributed by atoms with Gasteiger partial charge in [0.1, 0.15) is 5.82 Å². The molecule has 1 heterocycles. The first-order valence-electron chi connectivity index (χ1n) is 7.23. The fraction of sp³-hybridized carbons (Fsp3) is 0.533. The summed E-state index contributed by atoms with van der Waals surface area (Å²) in [5, 5.41) is 6.38. The third kappa shape index (κ3) is 2.77. The Hall–Kier alpha value is -1.62. The fourth-order valence-corrected chi connectivity index (χ4v) is 2.73. The Morgan fingerprint density at radius 3 is 2.90 bits per heavy atom. The van der Waals surface area contributed by atoms with Crippen molar-refractivity contribution < 1.29 is 9.18 Å². The summed E-state index contributed by atoms with van der Waals surface area (Å²) in [6.07, 6.45) is 2.74. The van der Waals surface area contributed by atoms with Gasteiger partial charge in [-0.15, -0.1) is 0 Å². The first kappa shape index (κ1) is 13.4. The standard InChI is InChI=1S/C15H20FN3O/c16-13-4-1-3-12(11-13)15(5-6-15)18-14(20)19-9-2-7-17-8-10-19/h1,3-4,11,17H,2,5-10H2,(H,18,20). The van der Waals surface area contributed by atoms with Gasteiger partial charge in [0, 0.05) is 19.6 Å². The van der Waals surface area contributed by atoms with Gasteiger partial charge in [-0.1, -0.05) is 12.1 Å². The maximum absolute atomic E-state index is 13.3. The maximum atomic E-state index is 13.3. The van der Waals surface area contributed by atoms with Crippen LogP contribution in [-0.4, -0.2) is 37.1 Å². The molecule has 3 rings (SSSR count). The third-order valence-corrected chi connectivity index (χ3v) is 4.10. The Bertz CT molecular complexity index is 494. The van der Waals surface area contributed by atoms with Crippen LogP contribution in [-0.2, 0) is 5.54 Å². The fourth-order valence-electron chi connectivity index (χ4n) is 2.73. The number of hydrogen-bond acceptors (Lipinski definition) is 2. The second kappa shape index (κ2) is 5.40. The lowest BCUT2D eigenvalue weighted by molar-refractivity contribution is 0.195. The van der Waals surface area contributed by atoms with Gasteiger partial charge in [0.2, 0.25) is 0 Å². The third-order valence-electron chi connectivity index (χ3n) is 4.10. The molecule has 4 nitrogen and oxygen atoms in total. The highest BCUT2D eigenvalue weighted by Gasteiger charge is 2.46. The van der Waals surface area contributed by atoms with E-state index in [2.05, 4.69) is 10.6 Å². The van der Waals surface area contributed by atoms with Gasteiger partial charge in [-0.2, -0.15) is 0 Å². The molecule has 1 saturated heterocycles. The van der Waals surface area contributed by atoms with Crippen LogP contribution in [0.1, 0.15) is 24.8 Å². The summed E-state index contributed by atoms with van der Waals surface area (Å²) in [4.78, 5) is 14.2. The van der Waals surface area contributed by atoms with Gasteiger partial charge in [-0.3, -0.25) is 0 Å². The molecule has 1 aliphatic carbocycles. The Morgan fingerprint density at radius 2 is 2.15 bits per heavy atom. The maximum Gasteiger partial charge on any atom is 0.318 e. The molecule has 2 N–H and O–H groups in total. The number of halogens is 1. The Kier molecular flexibility index (Phi) is 3.61. The largest absolute Gasteiger partial charge is 0.328 e. The van der Waals surface area contributed by atoms with E-state index in [1.54, 1.807) is 6.07 Å². The summed E-state index contributed by atoms with van der Waals surface area (Å²) in [5.74, 6) is -0.248. The number of nitrogens with zero attached hydrogens (tertiary/aromatic N) is 1. The number of urea groups is 1. The molecule has 0 radical (unpaired) electrons. The lowest BCUT2D eigenvalue weighted by atomic mass is 10.1. The van der Waals surface area contributed by atoms with E-state index in [1.807, 2.05) is 11.0 Å². The Balaban J connectivity index is 1.68. The van der Waals surface area contributed by atoms with Crippen molar-refractivity contribution in [2.24, 2.45) is 0 Å². The zero-order valence-electron chi connectivity index (χ0n) is 11.5. The van der Waals surface area contributed by atoms with Gasteiger partial charge in [0.15, 0.2) is 0 Å². The van der Waals surface area contributed by atoms with Gasteiger partial charge in [0.25, 0.3) is 0 Å². The van der Waals surface area contributed by atoms with Gasteiger partial charge in [0.05, 0.1) is 5.54 Å². The van der Waals surface area contributed by atoms with Crippen molar-refractivity contribution in [3.05, 3.63) is 35.6 Å². The lowest BCUT2D eigenvalue weighted by Gasteiger charge is -2.25. The summed E-state index contributed by atoms with van der Waals surface area (Å²) in [6, 6.07) is 6.52. The first-order valence-corrected chi connectivity index (χ1v) is 7.23. The average molecular weight is 277 g/mol. The summed E-state index contributed by atoms with van der Waals surface area (Å²) >= 11 is 0. The number of amides is 2. The molecule has 0 spiro atoms. The van der Waals surface area contributed by atoms with Crippen molar-refractivity contribution in [3.63, 3.8) is 0 Å². The van der Waals surface area contributed by atoms with Gasteiger partial charge in [-0.25, -0.2) is 9.18 Å². The van der Waals surface area contributed by atoms with Crippen molar-refractivity contribution >= 4 is 6.03 Å². The molecule has 0 aromatic heterocycles. The number of rotatable bonds is 2. The topological polar surface area (TPSA) is 44.4 Å². The molecule has 1 aromatic carbocycles. The van der Waals surface area contributed by atoms with Gasteiger partial charge in [-0.05, 0) is 43.5 Å². The van der Waals surface area contributed by atoms with Crippen LogP contribution in [0.3, 0.4) is 0 Å². The van der Waals surface area contributed by atoms with Crippen LogP contribution in [0.2, 0.25) is 0 Å². The van der Waals surface area contributed by atoms with Crippen molar-refractivity contribution in [1.82, 2.24) is 15.5 Å². The molecule has 1 aromatic rings. The highest BCUT2D eigenvalue weighted by Crippen LogP contribution is 2.45. The molecule has 1 saturated carbocycles. The SMILES string of the molecule is O=C(NC1(c2cccc(F)c2)CC1)N1CCCNCC1. The van der Waals surface area contributed by atoms with Crippen molar-refractivity contribution in [2.75, 3.05) is 26.2 Å². The summed E-state index contributed by atoms with van der Waals surface area (Å²) < 4.78 is 13.3. The lowest BCUT2D eigenvalue weighted by Crippen LogP contribution is -2.46. The number of benzene rings is 1. The second-order valence-corrected chi connectivity index (χ2v) is 5.61. The first-order chi connectivity index (χ1) is 9.70. The Morgan fingerprint density at radius 1 is 1.30 bits per heavy atom. The van der Waals surface area contributed by atoms with E-state index in [4.69, 9.17) is 0 Å². The van der Waals surface area contributed by atoms with E-state index < -0.39 is 0 Å². The highest BCUT2D eigenvalue weighted by molar-refractivity contribution is 5.76. The predicted molar refractivity (Wildman–Crippen MR) is 74.9 cm³/mol. The quantitative estimate of drug-likeness (QED) is 0.866. The van der Waals surface area contributed by atoms with Crippen LogP contribution in [0.25, 0.3) is 0 Å². The molecule has 1 aliphatic heterocycles. The van der Waals surface area contributed by atoms with E-state index in [9.17, 15) is 9.18 Å². The van der Waals surface area contributed by atoms with Gasteiger partial charge >= 0.3 is 6.03 Å². The number of carbonyl (C=O) groups excluding carboxylic acids is 1. The van der Waals surface area contributed by atoms with E-state index in [0.717, 1.165) is 51.0 Å². The average Bonchev–Trinajstić information content (AvgIpc) is 3.22. The van der Waals surface area contributed by atoms with E-state index >= 15 is 0 Å². The van der Waals surface area contributed by atoms with Crippen LogP contribution >= 0.6 is 0 Å². The smallest absolute Gasteiger partial charge is 0.318 e. The summed E-state index contributed by atoms with van der Waals surface area (Å²) in [5.41, 5.74) is 0.526. The minimum absolute atomic E-state index is 0.0320. The molecule has 20 heavy (non-hydrogen) atoms. The van der Waals surface area contributed by atoms with Crippen molar-refractivity contribution in [3.8, 4) is 0 Å². The minimum Gasteiger partial charge on any atom is -0.328 e. The molecular weight excluding hydrogens is 257 g/mol.